The third kappa shape index (κ3) is 3.35. The van der Waals surface area contributed by atoms with Crippen LogP contribution in [0.1, 0.15) is 5.56 Å². The number of benzene rings is 1. The molecule has 1 N–H and O–H groups in total. The third-order valence-electron chi connectivity index (χ3n) is 6.22. The molecule has 6 rings (SSSR count). The summed E-state index contributed by atoms with van der Waals surface area (Å²) in [5.41, 5.74) is 5.86. The standard InChI is InChI=1S/C25H23N5O3/c1-16-20-7-8-26-23(20)27-13-21(16)17-11-22-24(28-12-17)30(18-5-3-2-4-6-18)25(31)29(22)14-19-15-32-9-10-33-19/h2-8,11-13,19H,9-10,14-15H2,1H3,(H,26,27)/t19-/m0/s1. The summed E-state index contributed by atoms with van der Waals surface area (Å²) < 4.78 is 14.8. The molecule has 0 bridgehead atoms. The number of H-pyrrole nitrogens is 1. The minimum Gasteiger partial charge on any atom is -0.376 e. The van der Waals surface area contributed by atoms with Gasteiger partial charge in [-0.1, -0.05) is 18.2 Å². The highest BCUT2D eigenvalue weighted by Crippen LogP contribution is 2.29. The average molecular weight is 441 g/mol. The maximum absolute atomic E-state index is 13.6. The van der Waals surface area contributed by atoms with Crippen LogP contribution in [-0.4, -0.2) is 50.0 Å². The second-order valence-electron chi connectivity index (χ2n) is 8.24. The van der Waals surface area contributed by atoms with Crippen molar-refractivity contribution in [2.75, 3.05) is 19.8 Å². The van der Waals surface area contributed by atoms with Crippen molar-refractivity contribution in [3.05, 3.63) is 77.1 Å². The summed E-state index contributed by atoms with van der Waals surface area (Å²) in [5, 5.41) is 1.07. The number of rotatable bonds is 4. The molecule has 8 nitrogen and oxygen atoms in total. The number of aryl methyl sites for hydroxylation is 1. The van der Waals surface area contributed by atoms with E-state index in [0.29, 0.717) is 32.0 Å². The number of aromatic nitrogens is 5. The number of para-hydroxylation sites is 1. The molecular formula is C25H23N5O3. The van der Waals surface area contributed by atoms with E-state index in [2.05, 4.69) is 16.9 Å². The average Bonchev–Trinajstić information content (AvgIpc) is 3.44. The Bertz CT molecular complexity index is 1510. The molecule has 0 spiro atoms. The molecule has 1 aliphatic rings. The van der Waals surface area contributed by atoms with Gasteiger partial charge in [-0.05, 0) is 36.8 Å². The van der Waals surface area contributed by atoms with E-state index >= 15 is 0 Å². The van der Waals surface area contributed by atoms with Crippen molar-refractivity contribution in [1.29, 1.82) is 0 Å². The number of hydrogen-bond acceptors (Lipinski definition) is 5. The quantitative estimate of drug-likeness (QED) is 0.462. The van der Waals surface area contributed by atoms with Crippen molar-refractivity contribution in [2.24, 2.45) is 0 Å². The Kier molecular flexibility index (Phi) is 4.82. The molecule has 0 unspecified atom stereocenters. The second kappa shape index (κ2) is 7.99. The van der Waals surface area contributed by atoms with Crippen LogP contribution in [0.15, 0.2) is 65.8 Å². The van der Waals surface area contributed by atoms with Crippen molar-refractivity contribution < 1.29 is 9.47 Å². The van der Waals surface area contributed by atoms with Crippen LogP contribution < -0.4 is 5.69 Å². The van der Waals surface area contributed by atoms with Crippen LogP contribution >= 0.6 is 0 Å². The molecule has 0 radical (unpaired) electrons. The van der Waals surface area contributed by atoms with Crippen molar-refractivity contribution in [1.82, 2.24) is 24.1 Å². The topological polar surface area (TPSA) is 87.0 Å². The lowest BCUT2D eigenvalue weighted by Gasteiger charge is -2.23. The summed E-state index contributed by atoms with van der Waals surface area (Å²) in [6, 6.07) is 13.6. The SMILES string of the molecule is Cc1c(-c2cnc3c(c2)n(C[C@H]2COCCO2)c(=O)n3-c2ccccc2)cnc2[nH]ccc12. The molecule has 1 saturated heterocycles. The first-order chi connectivity index (χ1) is 16.2. The van der Waals surface area contributed by atoms with E-state index in [1.165, 1.54) is 0 Å². The summed E-state index contributed by atoms with van der Waals surface area (Å²) in [6.07, 6.45) is 5.37. The Labute approximate surface area is 189 Å². The highest BCUT2D eigenvalue weighted by molar-refractivity contribution is 5.88. The highest BCUT2D eigenvalue weighted by Gasteiger charge is 2.22. The first-order valence-electron chi connectivity index (χ1n) is 11.0. The van der Waals surface area contributed by atoms with E-state index in [-0.39, 0.29) is 11.8 Å². The minimum absolute atomic E-state index is 0.147. The van der Waals surface area contributed by atoms with Gasteiger partial charge in [0, 0.05) is 35.1 Å². The highest BCUT2D eigenvalue weighted by atomic mass is 16.6. The Balaban J connectivity index is 1.55. The molecule has 0 amide bonds. The molecule has 166 valence electrons. The number of ether oxygens (including phenoxy) is 2. The Morgan fingerprint density at radius 1 is 1.12 bits per heavy atom. The van der Waals surface area contributed by atoms with Gasteiger partial charge in [-0.3, -0.25) is 4.57 Å². The first-order valence-corrected chi connectivity index (χ1v) is 11.0. The van der Waals surface area contributed by atoms with Crippen LogP contribution in [0.4, 0.5) is 0 Å². The predicted molar refractivity (Wildman–Crippen MR) is 126 cm³/mol. The number of pyridine rings is 2. The smallest absolute Gasteiger partial charge is 0.335 e. The lowest BCUT2D eigenvalue weighted by Crippen LogP contribution is -2.35. The lowest BCUT2D eigenvalue weighted by atomic mass is 10.0. The fourth-order valence-corrected chi connectivity index (χ4v) is 4.54. The van der Waals surface area contributed by atoms with E-state index in [9.17, 15) is 4.79 Å². The molecule has 8 heteroatoms. The Morgan fingerprint density at radius 2 is 2.00 bits per heavy atom. The largest absolute Gasteiger partial charge is 0.376 e. The number of aromatic amines is 1. The van der Waals surface area contributed by atoms with Crippen molar-refractivity contribution >= 4 is 22.2 Å². The maximum Gasteiger partial charge on any atom is 0.335 e. The molecule has 5 aromatic rings. The predicted octanol–water partition coefficient (Wildman–Crippen LogP) is 3.45. The van der Waals surface area contributed by atoms with Gasteiger partial charge >= 0.3 is 5.69 Å². The van der Waals surface area contributed by atoms with Crippen LogP contribution in [0.2, 0.25) is 0 Å². The molecule has 5 heterocycles. The van der Waals surface area contributed by atoms with Gasteiger partial charge in [-0.25, -0.2) is 19.3 Å². The molecule has 1 aliphatic heterocycles. The number of fused-ring (bicyclic) bond motifs is 2. The Hall–Kier alpha value is -3.75. The van der Waals surface area contributed by atoms with Gasteiger partial charge in [0.25, 0.3) is 0 Å². The fourth-order valence-electron chi connectivity index (χ4n) is 4.54. The van der Waals surface area contributed by atoms with E-state index in [1.54, 1.807) is 9.13 Å². The molecule has 0 aliphatic carbocycles. The summed E-state index contributed by atoms with van der Waals surface area (Å²) in [6.45, 7) is 4.05. The molecule has 1 atom stereocenters. The molecule has 0 saturated carbocycles. The van der Waals surface area contributed by atoms with E-state index in [0.717, 1.165) is 38.9 Å². The fraction of sp³-hybridized carbons (Fsp3) is 0.240. The van der Waals surface area contributed by atoms with Gasteiger partial charge in [0.05, 0.1) is 43.7 Å². The molecular weight excluding hydrogens is 418 g/mol. The van der Waals surface area contributed by atoms with Crippen LogP contribution in [0.25, 0.3) is 39.0 Å². The molecule has 1 aromatic carbocycles. The van der Waals surface area contributed by atoms with Gasteiger partial charge in [0.15, 0.2) is 5.65 Å². The van der Waals surface area contributed by atoms with Crippen LogP contribution in [0.5, 0.6) is 0 Å². The Morgan fingerprint density at radius 3 is 2.82 bits per heavy atom. The zero-order valence-electron chi connectivity index (χ0n) is 18.2. The van der Waals surface area contributed by atoms with Gasteiger partial charge in [0.1, 0.15) is 5.65 Å². The van der Waals surface area contributed by atoms with Gasteiger partial charge in [0.2, 0.25) is 0 Å². The van der Waals surface area contributed by atoms with Crippen LogP contribution in [-0.2, 0) is 16.0 Å². The van der Waals surface area contributed by atoms with E-state index < -0.39 is 0 Å². The van der Waals surface area contributed by atoms with Crippen LogP contribution in [0, 0.1) is 6.92 Å². The van der Waals surface area contributed by atoms with E-state index in [1.807, 2.05) is 61.1 Å². The lowest BCUT2D eigenvalue weighted by molar-refractivity contribution is -0.0935. The van der Waals surface area contributed by atoms with Gasteiger partial charge < -0.3 is 14.5 Å². The summed E-state index contributed by atoms with van der Waals surface area (Å²) in [5.74, 6) is 0. The zero-order valence-corrected chi connectivity index (χ0v) is 18.2. The second-order valence-corrected chi connectivity index (χ2v) is 8.24. The number of nitrogens with zero attached hydrogens (tertiary/aromatic N) is 4. The number of hydrogen-bond donors (Lipinski definition) is 1. The first kappa shape index (κ1) is 19.9. The normalized spacial score (nSPS) is 16.6. The summed E-state index contributed by atoms with van der Waals surface area (Å²) >= 11 is 0. The molecule has 1 fully saturated rings. The van der Waals surface area contributed by atoms with Crippen molar-refractivity contribution in [3.63, 3.8) is 0 Å². The zero-order chi connectivity index (χ0) is 22.4. The third-order valence-corrected chi connectivity index (χ3v) is 6.22. The summed E-state index contributed by atoms with van der Waals surface area (Å²) in [7, 11) is 0. The van der Waals surface area contributed by atoms with Crippen LogP contribution in [0.3, 0.4) is 0 Å². The minimum atomic E-state index is -0.186. The molecule has 33 heavy (non-hydrogen) atoms. The van der Waals surface area contributed by atoms with Gasteiger partial charge in [-0.15, -0.1) is 0 Å². The maximum atomic E-state index is 13.6. The molecule has 4 aromatic heterocycles. The number of nitrogens with one attached hydrogen (secondary N) is 1. The van der Waals surface area contributed by atoms with E-state index in [4.69, 9.17) is 14.5 Å². The van der Waals surface area contributed by atoms with Gasteiger partial charge in [-0.2, -0.15) is 0 Å². The van der Waals surface area contributed by atoms with Crippen molar-refractivity contribution in [3.8, 4) is 16.8 Å². The summed E-state index contributed by atoms with van der Waals surface area (Å²) in [4.78, 5) is 26.0. The van der Waals surface area contributed by atoms with Crippen molar-refractivity contribution in [2.45, 2.75) is 19.6 Å². The monoisotopic (exact) mass is 441 g/mol. The number of imidazole rings is 1.